The van der Waals surface area contributed by atoms with Crippen molar-refractivity contribution < 1.29 is 4.79 Å². The Labute approximate surface area is 84.4 Å². The summed E-state index contributed by atoms with van der Waals surface area (Å²) >= 11 is 5.69. The highest BCUT2D eigenvalue weighted by Gasteiger charge is 2.06. The second-order valence-corrected chi connectivity index (χ2v) is 2.96. The summed E-state index contributed by atoms with van der Waals surface area (Å²) in [5, 5.41) is 4.28. The third-order valence-corrected chi connectivity index (χ3v) is 1.83. The summed E-state index contributed by atoms with van der Waals surface area (Å²) in [6, 6.07) is 1.53. The molecule has 0 fully saturated rings. The van der Waals surface area contributed by atoms with Gasteiger partial charge in [0.15, 0.2) is 12.1 Å². The molecule has 0 amide bonds. The summed E-state index contributed by atoms with van der Waals surface area (Å²) < 4.78 is 1.40. The number of carbonyl (C=O) groups is 1. The molecule has 6 heteroatoms. The van der Waals surface area contributed by atoms with Gasteiger partial charge in [0.2, 0.25) is 0 Å². The third kappa shape index (κ3) is 1.49. The zero-order valence-corrected chi connectivity index (χ0v) is 7.72. The highest BCUT2D eigenvalue weighted by atomic mass is 35.5. The molecule has 70 valence electrons. The molecule has 0 aliphatic rings. The molecule has 2 aromatic rings. The Morgan fingerprint density at radius 2 is 2.36 bits per heavy atom. The number of halogens is 1. The fourth-order valence-corrected chi connectivity index (χ4v) is 1.21. The number of nitrogens with zero attached hydrogens (tertiary/aromatic N) is 4. The quantitative estimate of drug-likeness (QED) is 0.694. The van der Waals surface area contributed by atoms with Crippen molar-refractivity contribution in [3.05, 3.63) is 35.5 Å². The predicted octanol–water partition coefficient (Wildman–Crippen LogP) is 1.13. The van der Waals surface area contributed by atoms with Crippen LogP contribution in [0.4, 0.5) is 0 Å². The zero-order valence-electron chi connectivity index (χ0n) is 6.96. The van der Waals surface area contributed by atoms with Crippen LogP contribution in [0.15, 0.2) is 24.9 Å². The van der Waals surface area contributed by atoms with Crippen molar-refractivity contribution >= 4 is 17.9 Å². The molecular weight excluding hydrogens is 204 g/mol. The van der Waals surface area contributed by atoms with Gasteiger partial charge >= 0.3 is 0 Å². The standard InChI is InChI=1S/C8H5ClN4O/c9-7-1-6(3-14)8(11-2-7)13-5-10-4-12-13/h1-5H. The van der Waals surface area contributed by atoms with E-state index in [1.54, 1.807) is 0 Å². The fourth-order valence-electron chi connectivity index (χ4n) is 1.04. The average Bonchev–Trinajstić information content (AvgIpc) is 2.70. The normalized spacial score (nSPS) is 10.1. The average molecular weight is 209 g/mol. The Hall–Kier alpha value is -1.75. The van der Waals surface area contributed by atoms with Gasteiger partial charge in [-0.15, -0.1) is 0 Å². The lowest BCUT2D eigenvalue weighted by Gasteiger charge is -2.02. The molecule has 2 heterocycles. The molecule has 2 rings (SSSR count). The molecule has 0 aliphatic carbocycles. The minimum Gasteiger partial charge on any atom is -0.298 e. The first-order valence-electron chi connectivity index (χ1n) is 3.77. The van der Waals surface area contributed by atoms with Gasteiger partial charge in [-0.25, -0.2) is 14.6 Å². The van der Waals surface area contributed by atoms with E-state index in [4.69, 9.17) is 11.6 Å². The van der Waals surface area contributed by atoms with Crippen molar-refractivity contribution in [3.8, 4) is 5.82 Å². The van der Waals surface area contributed by atoms with Gasteiger partial charge < -0.3 is 0 Å². The molecule has 0 aromatic carbocycles. The van der Waals surface area contributed by atoms with Gasteiger partial charge in [0.1, 0.15) is 12.7 Å². The molecule has 0 radical (unpaired) electrons. The largest absolute Gasteiger partial charge is 0.298 e. The predicted molar refractivity (Wildman–Crippen MR) is 49.6 cm³/mol. The maximum atomic E-state index is 10.7. The SMILES string of the molecule is O=Cc1cc(Cl)cnc1-n1cncn1. The number of rotatable bonds is 2. The number of hydrogen-bond donors (Lipinski definition) is 0. The van der Waals surface area contributed by atoms with Crippen molar-refractivity contribution in [3.63, 3.8) is 0 Å². The lowest BCUT2D eigenvalue weighted by molar-refractivity contribution is 0.112. The lowest BCUT2D eigenvalue weighted by atomic mass is 10.3. The van der Waals surface area contributed by atoms with Gasteiger partial charge in [-0.05, 0) is 6.07 Å². The number of aldehydes is 1. The van der Waals surface area contributed by atoms with E-state index in [0.717, 1.165) is 0 Å². The van der Waals surface area contributed by atoms with E-state index < -0.39 is 0 Å². The molecule has 2 aromatic heterocycles. The van der Waals surface area contributed by atoms with E-state index >= 15 is 0 Å². The summed E-state index contributed by atoms with van der Waals surface area (Å²) in [5.41, 5.74) is 0.378. The molecule has 5 nitrogen and oxygen atoms in total. The second kappa shape index (κ2) is 3.55. The third-order valence-electron chi connectivity index (χ3n) is 1.62. The van der Waals surface area contributed by atoms with Crippen LogP contribution in [0.2, 0.25) is 5.02 Å². The van der Waals surface area contributed by atoms with Gasteiger partial charge in [0, 0.05) is 6.20 Å². The van der Waals surface area contributed by atoms with E-state index in [9.17, 15) is 4.79 Å². The summed E-state index contributed by atoms with van der Waals surface area (Å²) in [7, 11) is 0. The van der Waals surface area contributed by atoms with Crippen LogP contribution in [0.3, 0.4) is 0 Å². The number of hydrogen-bond acceptors (Lipinski definition) is 4. The minimum atomic E-state index is 0.378. The van der Waals surface area contributed by atoms with E-state index in [1.807, 2.05) is 0 Å². The van der Waals surface area contributed by atoms with E-state index in [-0.39, 0.29) is 0 Å². The first kappa shape index (κ1) is 8.83. The number of carbonyl (C=O) groups excluding carboxylic acids is 1. The van der Waals surface area contributed by atoms with Crippen molar-refractivity contribution in [1.82, 2.24) is 19.7 Å². The molecule has 0 saturated heterocycles. The smallest absolute Gasteiger partial charge is 0.165 e. The van der Waals surface area contributed by atoms with Gasteiger partial charge in [0.05, 0.1) is 10.6 Å². The van der Waals surface area contributed by atoms with Crippen molar-refractivity contribution in [2.45, 2.75) is 0 Å². The topological polar surface area (TPSA) is 60.7 Å². The Kier molecular flexibility index (Phi) is 2.24. The second-order valence-electron chi connectivity index (χ2n) is 2.52. The van der Waals surface area contributed by atoms with Crippen molar-refractivity contribution in [2.24, 2.45) is 0 Å². The van der Waals surface area contributed by atoms with Crippen molar-refractivity contribution in [2.75, 3.05) is 0 Å². The Morgan fingerprint density at radius 1 is 1.50 bits per heavy atom. The summed E-state index contributed by atoms with van der Waals surface area (Å²) in [5.74, 6) is 0.418. The fraction of sp³-hybridized carbons (Fsp3) is 0. The maximum absolute atomic E-state index is 10.7. The van der Waals surface area contributed by atoms with E-state index in [1.165, 1.54) is 29.6 Å². The summed E-state index contributed by atoms with van der Waals surface area (Å²) in [6.07, 6.45) is 4.95. The van der Waals surface area contributed by atoms with Crippen LogP contribution in [0.1, 0.15) is 10.4 Å². The Bertz CT molecular complexity index is 454. The molecule has 0 unspecified atom stereocenters. The molecule has 14 heavy (non-hydrogen) atoms. The number of aromatic nitrogens is 4. The van der Waals surface area contributed by atoms with Gasteiger partial charge in [-0.1, -0.05) is 11.6 Å². The number of pyridine rings is 1. The van der Waals surface area contributed by atoms with Crippen LogP contribution in [0, 0.1) is 0 Å². The maximum Gasteiger partial charge on any atom is 0.165 e. The van der Waals surface area contributed by atoms with Crippen LogP contribution in [-0.2, 0) is 0 Å². The molecule has 0 atom stereocenters. The van der Waals surface area contributed by atoms with Gasteiger partial charge in [-0.2, -0.15) is 5.10 Å². The highest BCUT2D eigenvalue weighted by Crippen LogP contribution is 2.13. The van der Waals surface area contributed by atoms with Crippen LogP contribution in [0.25, 0.3) is 5.82 Å². The first-order chi connectivity index (χ1) is 6.81. The van der Waals surface area contributed by atoms with Gasteiger partial charge in [-0.3, -0.25) is 4.79 Å². The highest BCUT2D eigenvalue weighted by molar-refractivity contribution is 6.30. The lowest BCUT2D eigenvalue weighted by Crippen LogP contribution is -2.02. The molecule has 0 bridgehead atoms. The van der Waals surface area contributed by atoms with Crippen LogP contribution >= 0.6 is 11.6 Å². The Balaban J connectivity index is 2.58. The van der Waals surface area contributed by atoms with Crippen LogP contribution < -0.4 is 0 Å². The molecule has 0 spiro atoms. The minimum absolute atomic E-state index is 0.378. The first-order valence-corrected chi connectivity index (χ1v) is 4.15. The molecule has 0 aliphatic heterocycles. The van der Waals surface area contributed by atoms with Crippen molar-refractivity contribution in [1.29, 1.82) is 0 Å². The molecule has 0 N–H and O–H groups in total. The molecular formula is C8H5ClN4O. The van der Waals surface area contributed by atoms with Crippen LogP contribution in [0.5, 0.6) is 0 Å². The van der Waals surface area contributed by atoms with Crippen LogP contribution in [-0.4, -0.2) is 26.0 Å². The van der Waals surface area contributed by atoms with E-state index in [0.29, 0.717) is 22.7 Å². The molecule has 0 saturated carbocycles. The van der Waals surface area contributed by atoms with Gasteiger partial charge in [0.25, 0.3) is 0 Å². The van der Waals surface area contributed by atoms with E-state index in [2.05, 4.69) is 15.1 Å². The summed E-state index contributed by atoms with van der Waals surface area (Å²) in [6.45, 7) is 0. The zero-order chi connectivity index (χ0) is 9.97. The Morgan fingerprint density at radius 3 is 3.00 bits per heavy atom. The summed E-state index contributed by atoms with van der Waals surface area (Å²) in [4.78, 5) is 18.5. The monoisotopic (exact) mass is 208 g/mol.